The monoisotopic (exact) mass is 481 g/mol. The van der Waals surface area contributed by atoms with Crippen molar-refractivity contribution < 1.29 is 17.9 Å². The highest BCUT2D eigenvalue weighted by Gasteiger charge is 2.26. The van der Waals surface area contributed by atoms with E-state index in [1.807, 2.05) is 30.3 Å². The number of benzene rings is 2. The van der Waals surface area contributed by atoms with Crippen LogP contribution >= 0.6 is 0 Å². The SMILES string of the molecule is COc1ccc(-c2cc(N3CCC[C@@H](C(=O)NCc4ccc(S(N)(=O)=O)cc4)C3)ncn2)cc1. The lowest BCUT2D eigenvalue weighted by Crippen LogP contribution is -2.43. The molecule has 10 heteroatoms. The minimum atomic E-state index is -3.73. The third-order valence-electron chi connectivity index (χ3n) is 5.87. The van der Waals surface area contributed by atoms with Crippen LogP contribution in [0.15, 0.2) is 65.8 Å². The first-order chi connectivity index (χ1) is 16.3. The Hall–Kier alpha value is -3.50. The second-order valence-electron chi connectivity index (χ2n) is 8.18. The van der Waals surface area contributed by atoms with E-state index >= 15 is 0 Å². The number of amides is 1. The summed E-state index contributed by atoms with van der Waals surface area (Å²) in [6.45, 7) is 1.70. The summed E-state index contributed by atoms with van der Waals surface area (Å²) >= 11 is 0. The molecule has 1 aromatic heterocycles. The van der Waals surface area contributed by atoms with Crippen LogP contribution in [-0.4, -0.2) is 44.5 Å². The average molecular weight is 482 g/mol. The van der Waals surface area contributed by atoms with Gasteiger partial charge in [0.05, 0.1) is 23.6 Å². The summed E-state index contributed by atoms with van der Waals surface area (Å²) in [5, 5.41) is 8.08. The van der Waals surface area contributed by atoms with Gasteiger partial charge in [-0.2, -0.15) is 0 Å². The number of carbonyl (C=O) groups excluding carboxylic acids is 1. The molecule has 3 aromatic rings. The van der Waals surface area contributed by atoms with E-state index in [9.17, 15) is 13.2 Å². The quantitative estimate of drug-likeness (QED) is 0.530. The van der Waals surface area contributed by atoms with Gasteiger partial charge in [-0.15, -0.1) is 0 Å². The molecule has 0 saturated carbocycles. The van der Waals surface area contributed by atoms with E-state index in [2.05, 4.69) is 20.2 Å². The summed E-state index contributed by atoms with van der Waals surface area (Å²) in [4.78, 5) is 23.8. The molecule has 1 saturated heterocycles. The zero-order chi connectivity index (χ0) is 24.1. The Balaban J connectivity index is 1.38. The molecule has 3 N–H and O–H groups in total. The van der Waals surface area contributed by atoms with Crippen molar-refractivity contribution in [3.8, 4) is 17.0 Å². The molecule has 0 radical (unpaired) electrons. The minimum absolute atomic E-state index is 0.0374. The van der Waals surface area contributed by atoms with Crippen LogP contribution in [0.1, 0.15) is 18.4 Å². The van der Waals surface area contributed by atoms with Gasteiger partial charge in [0.15, 0.2) is 0 Å². The highest BCUT2D eigenvalue weighted by molar-refractivity contribution is 7.89. The molecule has 4 rings (SSSR count). The van der Waals surface area contributed by atoms with Gasteiger partial charge in [-0.05, 0) is 54.8 Å². The van der Waals surface area contributed by atoms with E-state index in [1.54, 1.807) is 25.6 Å². The minimum Gasteiger partial charge on any atom is -0.497 e. The maximum atomic E-state index is 12.8. The van der Waals surface area contributed by atoms with Gasteiger partial charge in [0, 0.05) is 31.3 Å². The number of nitrogens with two attached hydrogens (primary N) is 1. The zero-order valence-corrected chi connectivity index (χ0v) is 19.7. The first kappa shape index (κ1) is 23.7. The van der Waals surface area contributed by atoms with E-state index in [0.717, 1.165) is 47.8 Å². The fourth-order valence-electron chi connectivity index (χ4n) is 3.97. The number of carbonyl (C=O) groups is 1. The predicted octanol–water partition coefficient (Wildman–Crippen LogP) is 2.33. The highest BCUT2D eigenvalue weighted by Crippen LogP contribution is 2.26. The van der Waals surface area contributed by atoms with Gasteiger partial charge in [0.2, 0.25) is 15.9 Å². The predicted molar refractivity (Wildman–Crippen MR) is 129 cm³/mol. The van der Waals surface area contributed by atoms with Gasteiger partial charge < -0.3 is 15.0 Å². The number of primary sulfonamides is 1. The first-order valence-corrected chi connectivity index (χ1v) is 12.5. The van der Waals surface area contributed by atoms with Crippen molar-refractivity contribution in [2.24, 2.45) is 11.1 Å². The molecule has 2 aromatic carbocycles. The number of aromatic nitrogens is 2. The molecule has 1 aliphatic heterocycles. The summed E-state index contributed by atoms with van der Waals surface area (Å²) < 4.78 is 28.0. The lowest BCUT2D eigenvalue weighted by Gasteiger charge is -2.33. The fraction of sp³-hybridized carbons (Fsp3) is 0.292. The van der Waals surface area contributed by atoms with Crippen LogP contribution in [0.25, 0.3) is 11.3 Å². The van der Waals surface area contributed by atoms with Crippen molar-refractivity contribution in [2.75, 3.05) is 25.1 Å². The largest absolute Gasteiger partial charge is 0.497 e. The molecule has 34 heavy (non-hydrogen) atoms. The van der Waals surface area contributed by atoms with Crippen LogP contribution in [-0.2, 0) is 21.4 Å². The number of methoxy groups -OCH3 is 1. The van der Waals surface area contributed by atoms with Crippen molar-refractivity contribution in [2.45, 2.75) is 24.3 Å². The molecule has 2 heterocycles. The number of hydrogen-bond acceptors (Lipinski definition) is 7. The average Bonchev–Trinajstić information content (AvgIpc) is 2.87. The second-order valence-corrected chi connectivity index (χ2v) is 9.74. The number of ether oxygens (including phenoxy) is 1. The Labute approximate surface area is 199 Å². The van der Waals surface area contributed by atoms with Crippen LogP contribution in [0.5, 0.6) is 5.75 Å². The standard InChI is InChI=1S/C24H27N5O4S/c1-33-20-8-6-18(7-9-20)22-13-23(28-16-27-22)29-12-2-3-19(15-29)24(30)26-14-17-4-10-21(11-5-17)34(25,31)32/h4-11,13,16,19H,2-3,12,14-15H2,1H3,(H,26,30)(H2,25,31,32)/t19-/m1/s1. The van der Waals surface area contributed by atoms with Gasteiger partial charge in [-0.1, -0.05) is 12.1 Å². The molecule has 1 fully saturated rings. The normalized spacial score (nSPS) is 16.2. The van der Waals surface area contributed by atoms with Crippen LogP contribution in [0.4, 0.5) is 5.82 Å². The third-order valence-corrected chi connectivity index (χ3v) is 6.80. The number of nitrogens with one attached hydrogen (secondary N) is 1. The molecule has 1 amide bonds. The lowest BCUT2D eigenvalue weighted by atomic mass is 9.97. The number of sulfonamides is 1. The molecule has 178 valence electrons. The van der Waals surface area contributed by atoms with Crippen molar-refractivity contribution >= 4 is 21.7 Å². The molecule has 0 spiro atoms. The zero-order valence-electron chi connectivity index (χ0n) is 18.8. The van der Waals surface area contributed by atoms with E-state index in [1.165, 1.54) is 12.1 Å². The number of anilines is 1. The third kappa shape index (κ3) is 5.70. The van der Waals surface area contributed by atoms with Crippen LogP contribution in [0.2, 0.25) is 0 Å². The summed E-state index contributed by atoms with van der Waals surface area (Å²) in [5.74, 6) is 1.36. The van der Waals surface area contributed by atoms with Gasteiger partial charge in [-0.3, -0.25) is 4.79 Å². The molecule has 1 atom stereocenters. The van der Waals surface area contributed by atoms with Crippen LogP contribution in [0, 0.1) is 5.92 Å². The number of rotatable bonds is 7. The maximum absolute atomic E-state index is 12.8. The van der Waals surface area contributed by atoms with Crippen molar-refractivity contribution in [1.82, 2.24) is 15.3 Å². The fourth-order valence-corrected chi connectivity index (χ4v) is 4.48. The number of hydrogen-bond donors (Lipinski definition) is 2. The molecule has 0 bridgehead atoms. The Morgan fingerprint density at radius 3 is 2.56 bits per heavy atom. The van der Waals surface area contributed by atoms with Gasteiger partial charge in [0.25, 0.3) is 0 Å². The van der Waals surface area contributed by atoms with Crippen LogP contribution < -0.4 is 20.1 Å². The van der Waals surface area contributed by atoms with Gasteiger partial charge in [0.1, 0.15) is 17.9 Å². The number of piperidine rings is 1. The van der Waals surface area contributed by atoms with Crippen molar-refractivity contribution in [1.29, 1.82) is 0 Å². The maximum Gasteiger partial charge on any atom is 0.238 e. The summed E-state index contributed by atoms with van der Waals surface area (Å²) in [5.41, 5.74) is 2.57. The van der Waals surface area contributed by atoms with E-state index in [4.69, 9.17) is 9.88 Å². The van der Waals surface area contributed by atoms with E-state index < -0.39 is 10.0 Å². The Kier molecular flexibility index (Phi) is 7.09. The molecular weight excluding hydrogens is 454 g/mol. The molecule has 9 nitrogen and oxygen atoms in total. The first-order valence-electron chi connectivity index (χ1n) is 10.9. The lowest BCUT2D eigenvalue weighted by molar-refractivity contribution is -0.125. The second kappa shape index (κ2) is 10.2. The summed E-state index contributed by atoms with van der Waals surface area (Å²) in [6.07, 6.45) is 3.22. The summed E-state index contributed by atoms with van der Waals surface area (Å²) in [7, 11) is -2.10. The number of nitrogens with zero attached hydrogens (tertiary/aromatic N) is 3. The molecule has 1 aliphatic rings. The van der Waals surface area contributed by atoms with E-state index in [-0.39, 0.29) is 16.7 Å². The Morgan fingerprint density at radius 2 is 1.88 bits per heavy atom. The molecule has 0 aliphatic carbocycles. The van der Waals surface area contributed by atoms with Crippen LogP contribution in [0.3, 0.4) is 0 Å². The Morgan fingerprint density at radius 1 is 1.15 bits per heavy atom. The highest BCUT2D eigenvalue weighted by atomic mass is 32.2. The molecular formula is C24H27N5O4S. The van der Waals surface area contributed by atoms with Crippen molar-refractivity contribution in [3.05, 3.63) is 66.5 Å². The smallest absolute Gasteiger partial charge is 0.238 e. The van der Waals surface area contributed by atoms with Gasteiger partial charge in [-0.25, -0.2) is 23.5 Å². The molecule has 0 unspecified atom stereocenters. The summed E-state index contributed by atoms with van der Waals surface area (Å²) in [6, 6.07) is 15.8. The van der Waals surface area contributed by atoms with E-state index in [0.29, 0.717) is 13.1 Å². The Bertz CT molecular complexity index is 1250. The van der Waals surface area contributed by atoms with Crippen molar-refractivity contribution in [3.63, 3.8) is 0 Å². The van der Waals surface area contributed by atoms with Gasteiger partial charge >= 0.3 is 0 Å². The topological polar surface area (TPSA) is 128 Å².